The second-order valence-electron chi connectivity index (χ2n) is 3.42. The van der Waals surface area contributed by atoms with Gasteiger partial charge in [-0.25, -0.2) is 0 Å². The zero-order chi connectivity index (χ0) is 9.02. The van der Waals surface area contributed by atoms with Gasteiger partial charge in [-0.1, -0.05) is 27.7 Å². The minimum Gasteiger partial charge on any atom is -0.299 e. The first-order valence-corrected chi connectivity index (χ1v) is 4.00. The van der Waals surface area contributed by atoms with Gasteiger partial charge in [-0.2, -0.15) is 0 Å². The number of hydrogen-bond donors (Lipinski definition) is 0. The van der Waals surface area contributed by atoms with Gasteiger partial charge in [0, 0.05) is 49.6 Å². The van der Waals surface area contributed by atoms with Crippen molar-refractivity contribution in [3.63, 3.8) is 0 Å². The van der Waals surface area contributed by atoms with E-state index in [4.69, 9.17) is 0 Å². The molecule has 0 rings (SSSR count). The predicted molar refractivity (Wildman–Crippen MR) is 44.3 cm³/mol. The van der Waals surface area contributed by atoms with Crippen molar-refractivity contribution in [3.05, 3.63) is 0 Å². The summed E-state index contributed by atoms with van der Waals surface area (Å²) in [6.45, 7) is 7.26. The summed E-state index contributed by atoms with van der Waals surface area (Å²) in [5, 5.41) is 0. The van der Waals surface area contributed by atoms with Gasteiger partial charge >= 0.3 is 0 Å². The van der Waals surface area contributed by atoms with Crippen molar-refractivity contribution in [3.8, 4) is 0 Å². The monoisotopic (exact) mass is 321 g/mol. The standard InChI is InChI=1S/C9H16O2.Ho/c1-6(2)8(10)5-9(11)7(3)4;/h6-7H,5H2,1-4H3;. The number of rotatable bonds is 4. The summed E-state index contributed by atoms with van der Waals surface area (Å²) >= 11 is 0. The van der Waals surface area contributed by atoms with Gasteiger partial charge in [0.05, 0.1) is 6.42 Å². The molecule has 0 aliphatic carbocycles. The maximum absolute atomic E-state index is 11.0. The van der Waals surface area contributed by atoms with E-state index in [2.05, 4.69) is 0 Å². The fourth-order valence-corrected chi connectivity index (χ4v) is 0.580. The van der Waals surface area contributed by atoms with Crippen molar-refractivity contribution in [2.45, 2.75) is 34.1 Å². The van der Waals surface area contributed by atoms with Crippen LogP contribution in [0.4, 0.5) is 0 Å². The summed E-state index contributed by atoms with van der Waals surface area (Å²) in [5.74, 6) is 0.0581. The van der Waals surface area contributed by atoms with Gasteiger partial charge in [0.15, 0.2) is 0 Å². The zero-order valence-electron chi connectivity index (χ0n) is 7.98. The third kappa shape index (κ3) is 6.15. The molecule has 0 aliphatic rings. The summed E-state index contributed by atoms with van der Waals surface area (Å²) in [5.41, 5.74) is 0. The molecule has 0 aromatic carbocycles. The molecule has 0 heterocycles. The summed E-state index contributed by atoms with van der Waals surface area (Å²) < 4.78 is 0. The van der Waals surface area contributed by atoms with Crippen molar-refractivity contribution >= 4 is 11.6 Å². The van der Waals surface area contributed by atoms with E-state index in [0.717, 1.165) is 0 Å². The largest absolute Gasteiger partial charge is 0.299 e. The molecule has 0 atom stereocenters. The van der Waals surface area contributed by atoms with Crippen LogP contribution in [0.2, 0.25) is 0 Å². The Balaban J connectivity index is 0. The van der Waals surface area contributed by atoms with Crippen LogP contribution >= 0.6 is 0 Å². The molecular formula is C9H16HoO2. The third-order valence-corrected chi connectivity index (χ3v) is 1.64. The molecule has 0 saturated heterocycles. The average Bonchev–Trinajstić information content (AvgIpc) is 1.87. The van der Waals surface area contributed by atoms with Gasteiger partial charge in [-0.15, -0.1) is 0 Å². The second-order valence-corrected chi connectivity index (χ2v) is 3.42. The van der Waals surface area contributed by atoms with Gasteiger partial charge in [-0.3, -0.25) is 9.59 Å². The van der Waals surface area contributed by atoms with E-state index >= 15 is 0 Å². The SMILES string of the molecule is CC(C)C(=O)CC(=O)C(C)C.[Ho]. The molecule has 75 valence electrons. The van der Waals surface area contributed by atoms with E-state index < -0.39 is 0 Å². The fourth-order valence-electron chi connectivity index (χ4n) is 0.580. The molecule has 0 spiro atoms. The smallest absolute Gasteiger partial charge is 0.142 e. The van der Waals surface area contributed by atoms with E-state index in [1.807, 2.05) is 27.7 Å². The van der Waals surface area contributed by atoms with Gasteiger partial charge < -0.3 is 0 Å². The second kappa shape index (κ2) is 7.05. The predicted octanol–water partition coefficient (Wildman–Crippen LogP) is 1.83. The Labute approximate surface area is 104 Å². The molecule has 0 unspecified atom stereocenters. The van der Waals surface area contributed by atoms with Crippen LogP contribution in [0.5, 0.6) is 0 Å². The topological polar surface area (TPSA) is 34.1 Å². The zero-order valence-corrected chi connectivity index (χ0v) is 9.91. The summed E-state index contributed by atoms with van der Waals surface area (Å²) in [7, 11) is 0. The van der Waals surface area contributed by atoms with Crippen LogP contribution in [0, 0.1) is 49.6 Å². The van der Waals surface area contributed by atoms with E-state index in [1.165, 1.54) is 0 Å². The van der Waals surface area contributed by atoms with Gasteiger partial charge in [0.2, 0.25) is 0 Å². The van der Waals surface area contributed by atoms with Crippen LogP contribution in [-0.2, 0) is 9.59 Å². The maximum Gasteiger partial charge on any atom is 0.142 e. The molecule has 0 amide bonds. The van der Waals surface area contributed by atoms with Crippen LogP contribution in [-0.4, -0.2) is 11.6 Å². The quantitative estimate of drug-likeness (QED) is 0.585. The van der Waals surface area contributed by atoms with Crippen LogP contribution < -0.4 is 0 Å². The van der Waals surface area contributed by atoms with Gasteiger partial charge in [0.25, 0.3) is 0 Å². The van der Waals surface area contributed by atoms with E-state index in [-0.39, 0.29) is 67.6 Å². The minimum atomic E-state index is -0.0160. The number of hydrogen-bond acceptors (Lipinski definition) is 2. The van der Waals surface area contributed by atoms with Crippen LogP contribution in [0.3, 0.4) is 0 Å². The molecule has 0 bridgehead atoms. The number of carbonyl (C=O) groups is 2. The van der Waals surface area contributed by atoms with Crippen molar-refractivity contribution in [2.24, 2.45) is 11.8 Å². The minimum absolute atomic E-state index is 0. The van der Waals surface area contributed by atoms with Crippen LogP contribution in [0.15, 0.2) is 0 Å². The first kappa shape index (κ1) is 15.1. The normalized spacial score (nSPS) is 9.83. The first-order chi connectivity index (χ1) is 4.95. The Kier molecular flexibility index (Phi) is 8.86. The van der Waals surface area contributed by atoms with Gasteiger partial charge in [-0.05, 0) is 0 Å². The molecule has 0 N–H and O–H groups in total. The van der Waals surface area contributed by atoms with Crippen molar-refractivity contribution in [1.82, 2.24) is 0 Å². The molecule has 1 radical (unpaired) electrons. The molecule has 0 saturated carbocycles. The molecule has 0 aromatic rings. The Bertz CT molecular complexity index is 144. The van der Waals surface area contributed by atoms with E-state index in [1.54, 1.807) is 0 Å². The number of ketones is 2. The first-order valence-electron chi connectivity index (χ1n) is 4.00. The van der Waals surface area contributed by atoms with Crippen LogP contribution in [0.1, 0.15) is 34.1 Å². The van der Waals surface area contributed by atoms with E-state index in [9.17, 15) is 9.59 Å². The number of carbonyl (C=O) groups excluding carboxylic acids is 2. The molecule has 2 nitrogen and oxygen atoms in total. The Morgan fingerprint density at radius 3 is 1.33 bits per heavy atom. The maximum atomic E-state index is 11.0. The molecule has 3 heteroatoms. The summed E-state index contributed by atoms with van der Waals surface area (Å²) in [4.78, 5) is 22.1. The molecular weight excluding hydrogens is 305 g/mol. The summed E-state index contributed by atoms with van der Waals surface area (Å²) in [6.07, 6.45) is 0.106. The van der Waals surface area contributed by atoms with Gasteiger partial charge in [0.1, 0.15) is 11.6 Å². The Hall–Kier alpha value is 0.600. The molecule has 0 fully saturated rings. The molecule has 12 heavy (non-hydrogen) atoms. The molecule has 0 aromatic heterocycles. The fraction of sp³-hybridized carbons (Fsp3) is 0.778. The van der Waals surface area contributed by atoms with E-state index in [0.29, 0.717) is 0 Å². The number of Topliss-reactive ketones (excluding diaryl/α,β-unsaturated/α-hetero) is 2. The van der Waals surface area contributed by atoms with Crippen molar-refractivity contribution in [1.29, 1.82) is 0 Å². The Morgan fingerprint density at radius 2 is 1.17 bits per heavy atom. The van der Waals surface area contributed by atoms with Crippen molar-refractivity contribution in [2.75, 3.05) is 0 Å². The Morgan fingerprint density at radius 1 is 0.917 bits per heavy atom. The van der Waals surface area contributed by atoms with Crippen molar-refractivity contribution < 1.29 is 47.3 Å². The molecule has 0 aliphatic heterocycles. The average molecular weight is 321 g/mol. The third-order valence-electron chi connectivity index (χ3n) is 1.64. The van der Waals surface area contributed by atoms with Crippen LogP contribution in [0.25, 0.3) is 0 Å². The summed E-state index contributed by atoms with van der Waals surface area (Å²) in [6, 6.07) is 0.